The second kappa shape index (κ2) is 7.04. The van der Waals surface area contributed by atoms with Gasteiger partial charge in [0.2, 0.25) is 0 Å². The molecule has 0 saturated carbocycles. The van der Waals surface area contributed by atoms with Crippen molar-refractivity contribution in [2.75, 3.05) is 20.7 Å². The number of hydrogen-bond acceptors (Lipinski definition) is 5. The summed E-state index contributed by atoms with van der Waals surface area (Å²) in [6, 6.07) is 7.60. The summed E-state index contributed by atoms with van der Waals surface area (Å²) in [5.41, 5.74) is 1.85. The van der Waals surface area contributed by atoms with Crippen LogP contribution in [0.4, 0.5) is 0 Å². The third-order valence-corrected chi connectivity index (χ3v) is 3.49. The number of likely N-dealkylation sites (N-methyl/N-ethyl adjacent to an activating group) is 1. The van der Waals surface area contributed by atoms with Crippen LogP contribution in [0, 0.1) is 6.92 Å². The van der Waals surface area contributed by atoms with Gasteiger partial charge in [0.05, 0.1) is 18.5 Å². The Labute approximate surface area is 129 Å². The first kappa shape index (κ1) is 16.0. The predicted octanol–water partition coefficient (Wildman–Crippen LogP) is 0.922. The largest absolute Gasteiger partial charge is 0.497 e. The van der Waals surface area contributed by atoms with Crippen LogP contribution in [0.25, 0.3) is 5.69 Å². The van der Waals surface area contributed by atoms with Gasteiger partial charge in [-0.25, -0.2) is 4.68 Å². The molecular weight excluding hydrogens is 282 g/mol. The van der Waals surface area contributed by atoms with Crippen LogP contribution in [0.5, 0.6) is 5.75 Å². The third-order valence-electron chi connectivity index (χ3n) is 3.49. The van der Waals surface area contributed by atoms with Crippen molar-refractivity contribution in [3.8, 4) is 11.4 Å². The zero-order valence-corrected chi connectivity index (χ0v) is 13.3. The van der Waals surface area contributed by atoms with Crippen LogP contribution in [0.15, 0.2) is 24.3 Å². The first-order valence-electron chi connectivity index (χ1n) is 7.09. The van der Waals surface area contributed by atoms with Gasteiger partial charge < -0.3 is 15.4 Å². The summed E-state index contributed by atoms with van der Waals surface area (Å²) in [6.45, 7) is 4.34. The molecule has 0 aliphatic rings. The van der Waals surface area contributed by atoms with E-state index in [4.69, 9.17) is 4.74 Å². The number of methoxy groups -OCH3 is 1. The zero-order valence-electron chi connectivity index (χ0n) is 13.3. The van der Waals surface area contributed by atoms with E-state index in [9.17, 15) is 4.79 Å². The van der Waals surface area contributed by atoms with Gasteiger partial charge >= 0.3 is 0 Å². The minimum atomic E-state index is -0.223. The Morgan fingerprint density at radius 2 is 2.05 bits per heavy atom. The normalized spacial score (nSPS) is 12.0. The van der Waals surface area contributed by atoms with E-state index in [2.05, 4.69) is 20.9 Å². The lowest BCUT2D eigenvalue weighted by Gasteiger charge is -2.10. The number of nitrogens with one attached hydrogen (secondary N) is 2. The Balaban J connectivity index is 2.16. The molecule has 7 heteroatoms. The fraction of sp³-hybridized carbons (Fsp3) is 0.400. The molecule has 2 rings (SSSR count). The molecule has 1 atom stereocenters. The van der Waals surface area contributed by atoms with E-state index >= 15 is 0 Å². The van der Waals surface area contributed by atoms with Gasteiger partial charge in [0.25, 0.3) is 5.91 Å². The van der Waals surface area contributed by atoms with Crippen LogP contribution < -0.4 is 15.4 Å². The molecule has 1 amide bonds. The van der Waals surface area contributed by atoms with Crippen molar-refractivity contribution >= 4 is 5.91 Å². The van der Waals surface area contributed by atoms with Crippen molar-refractivity contribution in [3.05, 3.63) is 35.7 Å². The van der Waals surface area contributed by atoms with Crippen LogP contribution >= 0.6 is 0 Å². The Morgan fingerprint density at radius 1 is 1.36 bits per heavy atom. The molecule has 1 heterocycles. The molecule has 0 spiro atoms. The van der Waals surface area contributed by atoms with Crippen molar-refractivity contribution in [2.24, 2.45) is 0 Å². The number of rotatable bonds is 6. The average Bonchev–Trinajstić information content (AvgIpc) is 2.94. The molecule has 2 aromatic rings. The molecule has 1 aromatic carbocycles. The van der Waals surface area contributed by atoms with Crippen LogP contribution in [0.2, 0.25) is 0 Å². The van der Waals surface area contributed by atoms with Crippen LogP contribution in [-0.4, -0.2) is 47.6 Å². The molecule has 0 radical (unpaired) electrons. The first-order valence-corrected chi connectivity index (χ1v) is 7.09. The fourth-order valence-corrected chi connectivity index (χ4v) is 1.94. The second-order valence-corrected chi connectivity index (χ2v) is 5.03. The molecule has 1 aromatic heterocycles. The van der Waals surface area contributed by atoms with Crippen LogP contribution in [0.1, 0.15) is 23.1 Å². The van der Waals surface area contributed by atoms with Gasteiger partial charge in [-0.2, -0.15) is 0 Å². The van der Waals surface area contributed by atoms with Gasteiger partial charge in [-0.3, -0.25) is 4.79 Å². The van der Waals surface area contributed by atoms with E-state index in [1.54, 1.807) is 11.8 Å². The number of nitrogens with zero attached hydrogens (tertiary/aromatic N) is 3. The minimum absolute atomic E-state index is 0.195. The maximum atomic E-state index is 12.2. The molecule has 0 saturated heterocycles. The monoisotopic (exact) mass is 303 g/mol. The molecule has 118 valence electrons. The van der Waals surface area contributed by atoms with E-state index in [0.29, 0.717) is 17.9 Å². The Kier molecular flexibility index (Phi) is 5.11. The molecule has 22 heavy (non-hydrogen) atoms. The molecule has 7 nitrogen and oxygen atoms in total. The lowest BCUT2D eigenvalue weighted by molar-refractivity contribution is 0.0945. The quantitative estimate of drug-likeness (QED) is 0.829. The van der Waals surface area contributed by atoms with Gasteiger partial charge in [-0.1, -0.05) is 5.21 Å². The van der Waals surface area contributed by atoms with Crippen molar-refractivity contribution in [2.45, 2.75) is 19.9 Å². The molecule has 0 fully saturated rings. The van der Waals surface area contributed by atoms with Gasteiger partial charge in [-0.05, 0) is 45.2 Å². The fourth-order valence-electron chi connectivity index (χ4n) is 1.94. The SMILES string of the molecule is CNC(C)CNC(=O)c1nnn(-c2ccc(OC)cc2)c1C. The molecule has 0 bridgehead atoms. The Morgan fingerprint density at radius 3 is 2.64 bits per heavy atom. The van der Waals surface area contributed by atoms with Gasteiger partial charge in [-0.15, -0.1) is 5.10 Å². The van der Waals surface area contributed by atoms with Gasteiger partial charge in [0, 0.05) is 12.6 Å². The highest BCUT2D eigenvalue weighted by Crippen LogP contribution is 2.16. The molecule has 0 aliphatic heterocycles. The number of carbonyl (C=O) groups excluding carboxylic acids is 1. The van der Waals surface area contributed by atoms with Crippen molar-refractivity contribution in [1.82, 2.24) is 25.6 Å². The van der Waals surface area contributed by atoms with Crippen molar-refractivity contribution in [3.63, 3.8) is 0 Å². The number of ether oxygens (including phenoxy) is 1. The summed E-state index contributed by atoms with van der Waals surface area (Å²) in [6.07, 6.45) is 0. The highest BCUT2D eigenvalue weighted by molar-refractivity contribution is 5.93. The third kappa shape index (κ3) is 3.43. The summed E-state index contributed by atoms with van der Waals surface area (Å²) in [4.78, 5) is 12.2. The molecule has 1 unspecified atom stereocenters. The van der Waals surface area contributed by atoms with Gasteiger partial charge in [0.15, 0.2) is 5.69 Å². The van der Waals surface area contributed by atoms with E-state index in [1.807, 2.05) is 45.2 Å². The molecule has 2 N–H and O–H groups in total. The first-order chi connectivity index (χ1) is 10.6. The maximum absolute atomic E-state index is 12.2. The highest BCUT2D eigenvalue weighted by Gasteiger charge is 2.17. The van der Waals surface area contributed by atoms with E-state index in [-0.39, 0.29) is 11.9 Å². The number of amides is 1. The molecular formula is C15H21N5O2. The summed E-state index contributed by atoms with van der Waals surface area (Å²) in [5.74, 6) is 0.542. The van der Waals surface area contributed by atoms with E-state index in [1.165, 1.54) is 0 Å². The average molecular weight is 303 g/mol. The molecule has 0 aliphatic carbocycles. The minimum Gasteiger partial charge on any atom is -0.497 e. The number of benzene rings is 1. The zero-order chi connectivity index (χ0) is 16.1. The van der Waals surface area contributed by atoms with Gasteiger partial charge in [0.1, 0.15) is 5.75 Å². The summed E-state index contributed by atoms with van der Waals surface area (Å²) in [5, 5.41) is 13.9. The number of carbonyl (C=O) groups is 1. The van der Waals surface area contributed by atoms with Crippen LogP contribution in [-0.2, 0) is 0 Å². The van der Waals surface area contributed by atoms with Crippen molar-refractivity contribution < 1.29 is 9.53 Å². The highest BCUT2D eigenvalue weighted by atomic mass is 16.5. The topological polar surface area (TPSA) is 81.1 Å². The lowest BCUT2D eigenvalue weighted by atomic mass is 10.2. The van der Waals surface area contributed by atoms with Crippen LogP contribution in [0.3, 0.4) is 0 Å². The summed E-state index contributed by atoms with van der Waals surface area (Å²) >= 11 is 0. The predicted molar refractivity (Wildman–Crippen MR) is 83.5 cm³/mol. The number of aromatic nitrogens is 3. The standard InChI is InChI=1S/C15H21N5O2/c1-10(16-3)9-17-15(21)14-11(2)20(19-18-14)12-5-7-13(22-4)8-6-12/h5-8,10,16H,9H2,1-4H3,(H,17,21). The summed E-state index contributed by atoms with van der Waals surface area (Å²) in [7, 11) is 3.46. The second-order valence-electron chi connectivity index (χ2n) is 5.03. The maximum Gasteiger partial charge on any atom is 0.273 e. The smallest absolute Gasteiger partial charge is 0.273 e. The Hall–Kier alpha value is -2.41. The van der Waals surface area contributed by atoms with Crippen molar-refractivity contribution in [1.29, 1.82) is 0 Å². The van der Waals surface area contributed by atoms with E-state index in [0.717, 1.165) is 11.4 Å². The lowest BCUT2D eigenvalue weighted by Crippen LogP contribution is -2.37. The number of hydrogen-bond donors (Lipinski definition) is 2. The summed E-state index contributed by atoms with van der Waals surface area (Å²) < 4.78 is 6.76. The van der Waals surface area contributed by atoms with E-state index < -0.39 is 0 Å². The Bertz CT molecular complexity index is 636.